The molecule has 1 N–H and O–H groups in total. The molecule has 128 valence electrons. The van der Waals surface area contributed by atoms with Crippen LogP contribution in [0.4, 0.5) is 10.7 Å². The van der Waals surface area contributed by atoms with E-state index in [9.17, 15) is 14.4 Å². The van der Waals surface area contributed by atoms with Crippen LogP contribution in [0, 0.1) is 0 Å². The number of carbonyl (C=O) groups is 3. The van der Waals surface area contributed by atoms with E-state index in [4.69, 9.17) is 0 Å². The van der Waals surface area contributed by atoms with Gasteiger partial charge in [-0.3, -0.25) is 14.5 Å². The summed E-state index contributed by atoms with van der Waals surface area (Å²) in [5.74, 6) is 0.0300. The van der Waals surface area contributed by atoms with Crippen molar-refractivity contribution >= 4 is 23.8 Å². The number of nitrogens with zero attached hydrogens (tertiary/aromatic N) is 5. The zero-order valence-electron chi connectivity index (χ0n) is 13.7. The number of hydrogen-bond donors (Lipinski definition) is 1. The van der Waals surface area contributed by atoms with E-state index >= 15 is 0 Å². The van der Waals surface area contributed by atoms with Crippen molar-refractivity contribution in [2.75, 3.05) is 37.6 Å². The average molecular weight is 332 g/mol. The highest BCUT2D eigenvalue weighted by molar-refractivity contribution is 6.08. The number of urea groups is 1. The molecule has 2 aliphatic rings. The molecule has 24 heavy (non-hydrogen) atoms. The molecular formula is C15H20N6O3. The van der Waals surface area contributed by atoms with Gasteiger partial charge in [0.25, 0.3) is 5.91 Å². The van der Waals surface area contributed by atoms with Crippen molar-refractivity contribution in [3.63, 3.8) is 0 Å². The first-order chi connectivity index (χ1) is 11.4. The van der Waals surface area contributed by atoms with Crippen LogP contribution in [0.5, 0.6) is 0 Å². The molecule has 2 fully saturated rings. The lowest BCUT2D eigenvalue weighted by atomic mass is 10.1. The first-order valence-corrected chi connectivity index (χ1v) is 7.82. The van der Waals surface area contributed by atoms with Crippen molar-refractivity contribution in [2.45, 2.75) is 19.4 Å². The minimum absolute atomic E-state index is 0.226. The van der Waals surface area contributed by atoms with E-state index in [0.717, 1.165) is 4.90 Å². The number of imide groups is 1. The van der Waals surface area contributed by atoms with E-state index in [-0.39, 0.29) is 18.4 Å². The predicted octanol–water partition coefficient (Wildman–Crippen LogP) is -0.544. The van der Waals surface area contributed by atoms with E-state index in [2.05, 4.69) is 15.3 Å². The number of amides is 4. The van der Waals surface area contributed by atoms with Gasteiger partial charge in [0.2, 0.25) is 11.9 Å². The van der Waals surface area contributed by atoms with Gasteiger partial charge in [-0.25, -0.2) is 14.8 Å². The monoisotopic (exact) mass is 332 g/mol. The zero-order chi connectivity index (χ0) is 17.3. The van der Waals surface area contributed by atoms with E-state index in [1.165, 1.54) is 0 Å². The highest BCUT2D eigenvalue weighted by Gasteiger charge is 2.45. The Kier molecular flexibility index (Phi) is 4.08. The van der Waals surface area contributed by atoms with E-state index < -0.39 is 11.6 Å². The Balaban J connectivity index is 1.56. The van der Waals surface area contributed by atoms with Gasteiger partial charge in [-0.1, -0.05) is 0 Å². The second kappa shape index (κ2) is 6.06. The molecule has 3 heterocycles. The van der Waals surface area contributed by atoms with Gasteiger partial charge in [-0.2, -0.15) is 0 Å². The summed E-state index contributed by atoms with van der Waals surface area (Å²) in [5, 5.41) is 2.57. The number of piperazine rings is 1. The average Bonchev–Trinajstić information content (AvgIpc) is 2.77. The summed E-state index contributed by atoms with van der Waals surface area (Å²) < 4.78 is 0. The van der Waals surface area contributed by atoms with Crippen LogP contribution >= 0.6 is 0 Å². The molecule has 0 bridgehead atoms. The molecule has 0 aromatic carbocycles. The van der Waals surface area contributed by atoms with Crippen LogP contribution in [0.25, 0.3) is 0 Å². The Morgan fingerprint density at radius 1 is 1.17 bits per heavy atom. The number of rotatable bonds is 3. The van der Waals surface area contributed by atoms with E-state index in [1.807, 2.05) is 4.90 Å². The first kappa shape index (κ1) is 16.2. The predicted molar refractivity (Wildman–Crippen MR) is 85.1 cm³/mol. The molecular weight excluding hydrogens is 312 g/mol. The summed E-state index contributed by atoms with van der Waals surface area (Å²) in [7, 11) is 0. The van der Waals surface area contributed by atoms with Crippen molar-refractivity contribution in [3.05, 3.63) is 18.5 Å². The molecule has 2 aliphatic heterocycles. The molecule has 0 radical (unpaired) electrons. The fourth-order valence-electron chi connectivity index (χ4n) is 2.81. The molecule has 0 unspecified atom stereocenters. The number of hydrogen-bond acceptors (Lipinski definition) is 6. The van der Waals surface area contributed by atoms with Gasteiger partial charge in [0, 0.05) is 38.6 Å². The van der Waals surface area contributed by atoms with Crippen molar-refractivity contribution in [3.8, 4) is 0 Å². The van der Waals surface area contributed by atoms with Crippen LogP contribution in [-0.4, -0.2) is 75.9 Å². The van der Waals surface area contributed by atoms with Crippen LogP contribution in [0.1, 0.15) is 13.8 Å². The lowest BCUT2D eigenvalue weighted by Gasteiger charge is -2.35. The van der Waals surface area contributed by atoms with Crippen LogP contribution in [-0.2, 0) is 9.59 Å². The van der Waals surface area contributed by atoms with Crippen molar-refractivity contribution in [1.29, 1.82) is 0 Å². The fraction of sp³-hybridized carbons (Fsp3) is 0.533. The smallest absolute Gasteiger partial charge is 0.325 e. The van der Waals surface area contributed by atoms with Gasteiger partial charge < -0.3 is 15.1 Å². The third-order valence-corrected chi connectivity index (χ3v) is 4.21. The molecule has 0 spiro atoms. The van der Waals surface area contributed by atoms with Gasteiger partial charge >= 0.3 is 6.03 Å². The summed E-state index contributed by atoms with van der Waals surface area (Å²) in [4.78, 5) is 49.4. The quantitative estimate of drug-likeness (QED) is 0.746. The summed E-state index contributed by atoms with van der Waals surface area (Å²) in [6, 6.07) is 1.23. The molecule has 9 heteroatoms. The topological polar surface area (TPSA) is 98.7 Å². The zero-order valence-corrected chi connectivity index (χ0v) is 13.7. The number of nitrogens with one attached hydrogen (secondary N) is 1. The Labute approximate surface area is 139 Å². The summed E-state index contributed by atoms with van der Waals surface area (Å²) in [6.07, 6.45) is 3.36. The fourth-order valence-corrected chi connectivity index (χ4v) is 2.81. The minimum atomic E-state index is -0.958. The van der Waals surface area contributed by atoms with Gasteiger partial charge in [-0.15, -0.1) is 0 Å². The van der Waals surface area contributed by atoms with Gasteiger partial charge in [0.1, 0.15) is 12.1 Å². The Morgan fingerprint density at radius 3 is 2.33 bits per heavy atom. The number of anilines is 1. The molecule has 1 aromatic heterocycles. The molecule has 4 amide bonds. The van der Waals surface area contributed by atoms with Crippen LogP contribution in [0.3, 0.4) is 0 Å². The second-order valence-electron chi connectivity index (χ2n) is 6.36. The highest BCUT2D eigenvalue weighted by atomic mass is 16.2. The summed E-state index contributed by atoms with van der Waals surface area (Å²) in [6.45, 7) is 5.25. The Hall–Kier alpha value is -2.71. The van der Waals surface area contributed by atoms with Crippen molar-refractivity contribution in [1.82, 2.24) is 25.1 Å². The van der Waals surface area contributed by atoms with Crippen molar-refractivity contribution in [2.24, 2.45) is 0 Å². The Bertz CT molecular complexity index is 654. The molecule has 0 atom stereocenters. The SMILES string of the molecule is CC1(C)NC(=O)N(CC(=O)N2CCN(c3ncccn3)CC2)C1=O. The van der Waals surface area contributed by atoms with Gasteiger partial charge in [0.05, 0.1) is 0 Å². The van der Waals surface area contributed by atoms with Crippen LogP contribution in [0.2, 0.25) is 0 Å². The standard InChI is InChI=1S/C15H20N6O3/c1-15(2)12(23)21(14(24)18-15)10-11(22)19-6-8-20(9-7-19)13-16-4-3-5-17-13/h3-5H,6-10H2,1-2H3,(H,18,24). The maximum absolute atomic E-state index is 12.4. The second-order valence-corrected chi connectivity index (χ2v) is 6.36. The normalized spacial score (nSPS) is 20.3. The molecule has 0 aliphatic carbocycles. The maximum Gasteiger partial charge on any atom is 0.325 e. The molecule has 2 saturated heterocycles. The van der Waals surface area contributed by atoms with Crippen LogP contribution < -0.4 is 10.2 Å². The maximum atomic E-state index is 12.4. The van der Waals surface area contributed by atoms with E-state index in [0.29, 0.717) is 32.1 Å². The summed E-state index contributed by atoms with van der Waals surface area (Å²) >= 11 is 0. The largest absolute Gasteiger partial charge is 0.338 e. The van der Waals surface area contributed by atoms with Crippen LogP contribution in [0.15, 0.2) is 18.5 Å². The highest BCUT2D eigenvalue weighted by Crippen LogP contribution is 2.17. The molecule has 9 nitrogen and oxygen atoms in total. The third-order valence-electron chi connectivity index (χ3n) is 4.21. The molecule has 3 rings (SSSR count). The lowest BCUT2D eigenvalue weighted by molar-refractivity contribution is -0.138. The first-order valence-electron chi connectivity index (χ1n) is 7.82. The number of aromatic nitrogens is 2. The minimum Gasteiger partial charge on any atom is -0.338 e. The lowest BCUT2D eigenvalue weighted by Crippen LogP contribution is -2.52. The Morgan fingerprint density at radius 2 is 1.79 bits per heavy atom. The van der Waals surface area contributed by atoms with Gasteiger partial charge in [-0.05, 0) is 19.9 Å². The third kappa shape index (κ3) is 3.01. The molecule has 1 aromatic rings. The number of carbonyl (C=O) groups excluding carboxylic acids is 3. The molecule has 0 saturated carbocycles. The van der Waals surface area contributed by atoms with Gasteiger partial charge in [0.15, 0.2) is 0 Å². The summed E-state index contributed by atoms with van der Waals surface area (Å²) in [5.41, 5.74) is -0.958. The van der Waals surface area contributed by atoms with Crippen molar-refractivity contribution < 1.29 is 14.4 Å². The van der Waals surface area contributed by atoms with E-state index in [1.54, 1.807) is 37.2 Å².